The molecule has 1 aromatic heterocycles. The first-order valence-corrected chi connectivity index (χ1v) is 7.80. The lowest BCUT2D eigenvalue weighted by Crippen LogP contribution is -2.44. The van der Waals surface area contributed by atoms with Gasteiger partial charge in [0.1, 0.15) is 6.54 Å². The van der Waals surface area contributed by atoms with E-state index in [2.05, 4.69) is 18.9 Å². The van der Waals surface area contributed by atoms with Crippen LogP contribution < -0.4 is 0 Å². The monoisotopic (exact) mass is 305 g/mol. The van der Waals surface area contributed by atoms with Gasteiger partial charge in [0.25, 0.3) is 0 Å². The summed E-state index contributed by atoms with van der Waals surface area (Å²) >= 11 is 6.15. The van der Waals surface area contributed by atoms with Crippen molar-refractivity contribution in [2.45, 2.75) is 26.8 Å². The number of carbonyl (C=O) groups is 1. The van der Waals surface area contributed by atoms with Gasteiger partial charge in [-0.25, -0.2) is 0 Å². The summed E-state index contributed by atoms with van der Waals surface area (Å²) in [6.45, 7) is 6.40. The molecule has 0 aliphatic carbocycles. The van der Waals surface area contributed by atoms with Gasteiger partial charge in [-0.15, -0.1) is 0 Å². The smallest absolute Gasteiger partial charge is 0.244 e. The summed E-state index contributed by atoms with van der Waals surface area (Å²) in [6, 6.07) is 5.67. The molecule has 3 rings (SSSR count). The van der Waals surface area contributed by atoms with E-state index in [-0.39, 0.29) is 12.5 Å². The van der Waals surface area contributed by atoms with Gasteiger partial charge in [-0.3, -0.25) is 9.48 Å². The molecule has 0 N–H and O–H groups in total. The summed E-state index contributed by atoms with van der Waals surface area (Å²) in [5.74, 6) is 1.28. The number of halogens is 1. The van der Waals surface area contributed by atoms with Gasteiger partial charge >= 0.3 is 0 Å². The first-order valence-electron chi connectivity index (χ1n) is 7.42. The van der Waals surface area contributed by atoms with Crippen LogP contribution in [0.2, 0.25) is 5.02 Å². The van der Waals surface area contributed by atoms with Crippen molar-refractivity contribution in [1.29, 1.82) is 0 Å². The third-order valence-corrected chi connectivity index (χ3v) is 4.47. The maximum atomic E-state index is 12.5. The van der Waals surface area contributed by atoms with Crippen molar-refractivity contribution >= 4 is 28.4 Å². The van der Waals surface area contributed by atoms with Gasteiger partial charge < -0.3 is 4.90 Å². The van der Waals surface area contributed by atoms with Crippen molar-refractivity contribution in [2.24, 2.45) is 11.8 Å². The van der Waals surface area contributed by atoms with Crippen molar-refractivity contribution in [3.8, 4) is 0 Å². The number of carbonyl (C=O) groups excluding carboxylic acids is 1. The van der Waals surface area contributed by atoms with Crippen LogP contribution in [0, 0.1) is 11.8 Å². The zero-order valence-electron chi connectivity index (χ0n) is 12.4. The van der Waals surface area contributed by atoms with Crippen molar-refractivity contribution in [3.63, 3.8) is 0 Å². The molecule has 2 atom stereocenters. The van der Waals surface area contributed by atoms with E-state index >= 15 is 0 Å². The summed E-state index contributed by atoms with van der Waals surface area (Å²) in [6.07, 6.45) is 2.93. The third-order valence-electron chi connectivity index (χ3n) is 4.14. The van der Waals surface area contributed by atoms with E-state index in [0.717, 1.165) is 24.0 Å². The van der Waals surface area contributed by atoms with Crippen molar-refractivity contribution < 1.29 is 4.79 Å². The topological polar surface area (TPSA) is 38.1 Å². The molecule has 1 saturated heterocycles. The van der Waals surface area contributed by atoms with E-state index in [1.54, 1.807) is 10.9 Å². The average Bonchev–Trinajstić information content (AvgIpc) is 2.82. The van der Waals surface area contributed by atoms with Gasteiger partial charge in [0.15, 0.2) is 0 Å². The number of rotatable bonds is 2. The fraction of sp³-hybridized carbons (Fsp3) is 0.500. The van der Waals surface area contributed by atoms with Crippen LogP contribution >= 0.6 is 11.6 Å². The first-order chi connectivity index (χ1) is 10.0. The minimum Gasteiger partial charge on any atom is -0.341 e. The summed E-state index contributed by atoms with van der Waals surface area (Å²) in [4.78, 5) is 14.5. The van der Waals surface area contributed by atoms with Gasteiger partial charge in [-0.05, 0) is 30.4 Å². The van der Waals surface area contributed by atoms with E-state index in [0.29, 0.717) is 16.9 Å². The maximum Gasteiger partial charge on any atom is 0.244 e. The number of benzene rings is 1. The summed E-state index contributed by atoms with van der Waals surface area (Å²) in [5.41, 5.74) is 0.911. The minimum atomic E-state index is 0.137. The number of amides is 1. The second-order valence-electron chi connectivity index (χ2n) is 6.22. The van der Waals surface area contributed by atoms with Gasteiger partial charge in [0, 0.05) is 18.5 Å². The lowest BCUT2D eigenvalue weighted by atomic mass is 9.92. The molecule has 2 heterocycles. The molecular formula is C16H20ClN3O. The van der Waals surface area contributed by atoms with Crippen molar-refractivity contribution in [1.82, 2.24) is 14.7 Å². The zero-order valence-corrected chi connectivity index (χ0v) is 13.2. The zero-order chi connectivity index (χ0) is 15.0. The maximum absolute atomic E-state index is 12.5. The Morgan fingerprint density at radius 2 is 2.05 bits per heavy atom. The molecule has 2 aromatic rings. The average molecular weight is 306 g/mol. The Labute approximate surface area is 129 Å². The predicted molar refractivity (Wildman–Crippen MR) is 84.3 cm³/mol. The van der Waals surface area contributed by atoms with Gasteiger partial charge in [0.2, 0.25) is 5.91 Å². The lowest BCUT2D eigenvalue weighted by Gasteiger charge is -2.35. The largest absolute Gasteiger partial charge is 0.341 e. The van der Waals surface area contributed by atoms with Crippen molar-refractivity contribution in [3.05, 3.63) is 29.4 Å². The minimum absolute atomic E-state index is 0.137. The molecule has 1 aliphatic heterocycles. The molecule has 1 aromatic carbocycles. The van der Waals surface area contributed by atoms with E-state index in [1.165, 1.54) is 6.42 Å². The van der Waals surface area contributed by atoms with E-state index < -0.39 is 0 Å². The second-order valence-corrected chi connectivity index (χ2v) is 6.63. The van der Waals surface area contributed by atoms with Crippen LogP contribution in [0.4, 0.5) is 0 Å². The van der Waals surface area contributed by atoms with Gasteiger partial charge in [-0.1, -0.05) is 31.5 Å². The number of nitrogens with zero attached hydrogens (tertiary/aromatic N) is 3. The van der Waals surface area contributed by atoms with Crippen LogP contribution in [0.1, 0.15) is 20.3 Å². The highest BCUT2D eigenvalue weighted by Gasteiger charge is 2.25. The van der Waals surface area contributed by atoms with E-state index in [1.807, 2.05) is 23.1 Å². The van der Waals surface area contributed by atoms with Crippen LogP contribution in [0.3, 0.4) is 0 Å². The molecule has 0 radical (unpaired) electrons. The van der Waals surface area contributed by atoms with Gasteiger partial charge in [0.05, 0.1) is 16.7 Å². The SMILES string of the molecule is C[C@@H]1C[C@H](C)CN(C(=O)Cn2ncc3c(Cl)cccc32)C1. The highest BCUT2D eigenvalue weighted by molar-refractivity contribution is 6.35. The number of likely N-dealkylation sites (tertiary alicyclic amines) is 1. The number of aromatic nitrogens is 2. The summed E-state index contributed by atoms with van der Waals surface area (Å²) in [5, 5.41) is 5.88. The third kappa shape index (κ3) is 2.91. The summed E-state index contributed by atoms with van der Waals surface area (Å²) in [7, 11) is 0. The Kier molecular flexibility index (Phi) is 3.89. The van der Waals surface area contributed by atoms with Gasteiger partial charge in [-0.2, -0.15) is 5.10 Å². The quantitative estimate of drug-likeness (QED) is 0.854. The molecule has 5 heteroatoms. The Hall–Kier alpha value is -1.55. The highest BCUT2D eigenvalue weighted by Crippen LogP contribution is 2.24. The van der Waals surface area contributed by atoms with Crippen molar-refractivity contribution in [2.75, 3.05) is 13.1 Å². The Morgan fingerprint density at radius 1 is 1.33 bits per heavy atom. The second kappa shape index (κ2) is 5.68. The fourth-order valence-corrected chi connectivity index (χ4v) is 3.51. The number of fused-ring (bicyclic) bond motifs is 1. The molecular weight excluding hydrogens is 286 g/mol. The Balaban J connectivity index is 1.79. The predicted octanol–water partition coefficient (Wildman–Crippen LogP) is 3.19. The molecule has 0 bridgehead atoms. The molecule has 1 aliphatic rings. The molecule has 21 heavy (non-hydrogen) atoms. The fourth-order valence-electron chi connectivity index (χ4n) is 3.29. The molecule has 0 spiro atoms. The number of hydrogen-bond donors (Lipinski definition) is 0. The number of piperidine rings is 1. The molecule has 112 valence electrons. The molecule has 0 unspecified atom stereocenters. The highest BCUT2D eigenvalue weighted by atomic mass is 35.5. The molecule has 4 nitrogen and oxygen atoms in total. The summed E-state index contributed by atoms with van der Waals surface area (Å²) < 4.78 is 1.74. The Morgan fingerprint density at radius 3 is 2.76 bits per heavy atom. The molecule has 1 fully saturated rings. The first kappa shape index (κ1) is 14.4. The molecule has 0 saturated carbocycles. The number of hydrogen-bond acceptors (Lipinski definition) is 2. The molecule has 1 amide bonds. The van der Waals surface area contributed by atoms with Crippen LogP contribution in [-0.2, 0) is 11.3 Å². The van der Waals surface area contributed by atoms with Crippen LogP contribution in [0.25, 0.3) is 10.9 Å². The van der Waals surface area contributed by atoms with E-state index in [9.17, 15) is 4.79 Å². The van der Waals surface area contributed by atoms with Crippen LogP contribution in [0.5, 0.6) is 0 Å². The standard InChI is InChI=1S/C16H20ClN3O/c1-11-6-12(2)9-19(8-11)16(21)10-20-15-5-3-4-14(17)13(15)7-18-20/h3-5,7,11-12H,6,8-10H2,1-2H3/t11-,12+. The van der Waals surface area contributed by atoms with Crippen LogP contribution in [-0.4, -0.2) is 33.7 Å². The Bertz CT molecular complexity index is 657. The normalized spacial score (nSPS) is 22.7. The van der Waals surface area contributed by atoms with E-state index in [4.69, 9.17) is 11.6 Å². The lowest BCUT2D eigenvalue weighted by molar-refractivity contribution is -0.134. The van der Waals surface area contributed by atoms with Crippen LogP contribution in [0.15, 0.2) is 24.4 Å².